The molecular weight excluding hydrogens is 252 g/mol. The molecule has 100 valence electrons. The molecule has 1 aromatic heterocycles. The van der Waals surface area contributed by atoms with Gasteiger partial charge in [-0.05, 0) is 26.2 Å². The third-order valence-electron chi connectivity index (χ3n) is 2.90. The van der Waals surface area contributed by atoms with Crippen molar-refractivity contribution in [3.8, 4) is 0 Å². The number of carbonyl (C=O) groups is 1. The molecule has 5 nitrogen and oxygen atoms in total. The van der Waals surface area contributed by atoms with E-state index in [0.29, 0.717) is 6.10 Å². The molecule has 0 aliphatic carbocycles. The second kappa shape index (κ2) is 6.24. The molecule has 0 amide bonds. The van der Waals surface area contributed by atoms with Gasteiger partial charge in [-0.3, -0.25) is 4.79 Å². The molecule has 6 heteroatoms. The van der Waals surface area contributed by atoms with Crippen LogP contribution in [-0.4, -0.2) is 39.1 Å². The summed E-state index contributed by atoms with van der Waals surface area (Å²) < 4.78 is 7.62. The van der Waals surface area contributed by atoms with Gasteiger partial charge in [0.15, 0.2) is 5.16 Å². The van der Waals surface area contributed by atoms with Crippen molar-refractivity contribution in [1.82, 2.24) is 9.55 Å². The van der Waals surface area contributed by atoms with Crippen LogP contribution in [0.3, 0.4) is 0 Å². The van der Waals surface area contributed by atoms with Gasteiger partial charge in [-0.2, -0.15) is 0 Å². The number of aromatic nitrogens is 2. The van der Waals surface area contributed by atoms with E-state index < -0.39 is 5.97 Å². The third-order valence-corrected chi connectivity index (χ3v) is 3.88. The number of ether oxygens (including phenoxy) is 1. The summed E-state index contributed by atoms with van der Waals surface area (Å²) in [7, 11) is 0. The van der Waals surface area contributed by atoms with Crippen molar-refractivity contribution in [3.05, 3.63) is 11.9 Å². The lowest BCUT2D eigenvalue weighted by atomic mass is 10.2. The predicted octanol–water partition coefficient (Wildman–Crippen LogP) is 1.94. The second-order valence-corrected chi connectivity index (χ2v) is 5.41. The van der Waals surface area contributed by atoms with Gasteiger partial charge < -0.3 is 14.4 Å². The van der Waals surface area contributed by atoms with Gasteiger partial charge in [0.05, 0.1) is 17.6 Å². The molecule has 1 unspecified atom stereocenters. The average Bonchev–Trinajstić information content (AvgIpc) is 2.92. The standard InChI is InChI=1S/C12H18N2O3S/c1-9-7-14(5-4-10-3-2-6-17-10)12(13-9)18-8-11(15)16/h7,10H,2-6,8H2,1H3,(H,15,16). The maximum atomic E-state index is 10.6. The molecule has 1 fully saturated rings. The minimum Gasteiger partial charge on any atom is -0.481 e. The summed E-state index contributed by atoms with van der Waals surface area (Å²) in [5.41, 5.74) is 0.926. The highest BCUT2D eigenvalue weighted by molar-refractivity contribution is 7.99. The first-order chi connectivity index (χ1) is 8.65. The monoisotopic (exact) mass is 270 g/mol. The molecule has 0 aromatic carbocycles. The predicted molar refractivity (Wildman–Crippen MR) is 68.9 cm³/mol. The Morgan fingerprint density at radius 2 is 2.56 bits per heavy atom. The van der Waals surface area contributed by atoms with E-state index in [1.165, 1.54) is 11.8 Å². The van der Waals surface area contributed by atoms with E-state index in [1.54, 1.807) is 0 Å². The molecule has 1 aliphatic rings. The van der Waals surface area contributed by atoms with Crippen molar-refractivity contribution in [2.75, 3.05) is 12.4 Å². The Balaban J connectivity index is 1.91. The number of imidazole rings is 1. The molecule has 2 rings (SSSR count). The van der Waals surface area contributed by atoms with E-state index in [4.69, 9.17) is 9.84 Å². The second-order valence-electron chi connectivity index (χ2n) is 4.46. The van der Waals surface area contributed by atoms with Crippen LogP contribution in [0, 0.1) is 6.92 Å². The summed E-state index contributed by atoms with van der Waals surface area (Å²) in [5, 5.41) is 9.48. The number of carboxylic acid groups (broad SMARTS) is 1. The molecule has 1 aliphatic heterocycles. The summed E-state index contributed by atoms with van der Waals surface area (Å²) in [6.07, 6.45) is 5.57. The fourth-order valence-corrected chi connectivity index (χ4v) is 2.85. The molecule has 0 saturated carbocycles. The summed E-state index contributed by atoms with van der Waals surface area (Å²) in [6, 6.07) is 0. The Hall–Kier alpha value is -1.01. The number of hydrogen-bond donors (Lipinski definition) is 1. The molecule has 1 atom stereocenters. The van der Waals surface area contributed by atoms with E-state index in [-0.39, 0.29) is 5.75 Å². The first kappa shape index (κ1) is 13.4. The minimum atomic E-state index is -0.814. The zero-order valence-corrected chi connectivity index (χ0v) is 11.3. The van der Waals surface area contributed by atoms with E-state index in [0.717, 1.165) is 43.3 Å². The van der Waals surface area contributed by atoms with Crippen molar-refractivity contribution in [3.63, 3.8) is 0 Å². The van der Waals surface area contributed by atoms with Crippen molar-refractivity contribution in [2.45, 2.75) is 44.0 Å². The number of thioether (sulfide) groups is 1. The normalized spacial score (nSPS) is 19.3. The maximum absolute atomic E-state index is 10.6. The Labute approximate surface area is 111 Å². The topological polar surface area (TPSA) is 64.3 Å². The van der Waals surface area contributed by atoms with Crippen LogP contribution in [0.5, 0.6) is 0 Å². The molecule has 2 heterocycles. The summed E-state index contributed by atoms with van der Waals surface area (Å²) in [5.74, 6) is -0.762. The van der Waals surface area contributed by atoms with E-state index in [1.807, 2.05) is 17.7 Å². The van der Waals surface area contributed by atoms with Crippen molar-refractivity contribution in [2.24, 2.45) is 0 Å². The third kappa shape index (κ3) is 3.74. The van der Waals surface area contributed by atoms with Gasteiger partial charge >= 0.3 is 5.97 Å². The fourth-order valence-electron chi connectivity index (χ4n) is 2.08. The first-order valence-corrected chi connectivity index (χ1v) is 7.13. The number of carboxylic acids is 1. The molecule has 1 aromatic rings. The lowest BCUT2D eigenvalue weighted by molar-refractivity contribution is -0.133. The van der Waals surface area contributed by atoms with Gasteiger partial charge in [-0.25, -0.2) is 4.98 Å². The van der Waals surface area contributed by atoms with Gasteiger partial charge in [0.2, 0.25) is 0 Å². The van der Waals surface area contributed by atoms with Gasteiger partial charge in [-0.1, -0.05) is 11.8 Å². The Morgan fingerprint density at radius 3 is 3.22 bits per heavy atom. The maximum Gasteiger partial charge on any atom is 0.313 e. The lowest BCUT2D eigenvalue weighted by Gasteiger charge is -2.11. The lowest BCUT2D eigenvalue weighted by Crippen LogP contribution is -2.10. The SMILES string of the molecule is Cc1cn(CCC2CCCO2)c(SCC(=O)O)n1. The van der Waals surface area contributed by atoms with Crippen LogP contribution in [0.2, 0.25) is 0 Å². The number of hydrogen-bond acceptors (Lipinski definition) is 4. The minimum absolute atomic E-state index is 0.0520. The van der Waals surface area contributed by atoms with E-state index in [9.17, 15) is 4.79 Å². The van der Waals surface area contributed by atoms with Crippen LogP contribution >= 0.6 is 11.8 Å². The van der Waals surface area contributed by atoms with Gasteiger partial charge in [0.25, 0.3) is 0 Å². The molecular formula is C12H18N2O3S. The molecule has 18 heavy (non-hydrogen) atoms. The number of aliphatic carboxylic acids is 1. The van der Waals surface area contributed by atoms with Gasteiger partial charge in [0, 0.05) is 19.3 Å². The average molecular weight is 270 g/mol. The highest BCUT2D eigenvalue weighted by atomic mass is 32.2. The number of rotatable bonds is 6. The van der Waals surface area contributed by atoms with Crippen LogP contribution in [0.15, 0.2) is 11.4 Å². The summed E-state index contributed by atoms with van der Waals surface area (Å²) >= 11 is 1.27. The Bertz CT molecular complexity index is 413. The van der Waals surface area contributed by atoms with Crippen LogP contribution in [0.1, 0.15) is 25.0 Å². The zero-order valence-electron chi connectivity index (χ0n) is 10.5. The zero-order chi connectivity index (χ0) is 13.0. The van der Waals surface area contributed by atoms with Crippen molar-refractivity contribution < 1.29 is 14.6 Å². The van der Waals surface area contributed by atoms with Crippen LogP contribution < -0.4 is 0 Å². The molecule has 1 saturated heterocycles. The summed E-state index contributed by atoms with van der Waals surface area (Å²) in [6.45, 7) is 3.63. The summed E-state index contributed by atoms with van der Waals surface area (Å²) in [4.78, 5) is 14.9. The number of nitrogens with zero attached hydrogens (tertiary/aromatic N) is 2. The highest BCUT2D eigenvalue weighted by Gasteiger charge is 2.16. The molecule has 0 spiro atoms. The quantitative estimate of drug-likeness (QED) is 0.800. The van der Waals surface area contributed by atoms with Crippen LogP contribution in [0.4, 0.5) is 0 Å². The molecule has 1 N–H and O–H groups in total. The smallest absolute Gasteiger partial charge is 0.313 e. The van der Waals surface area contributed by atoms with Crippen molar-refractivity contribution in [1.29, 1.82) is 0 Å². The molecule has 0 bridgehead atoms. The van der Waals surface area contributed by atoms with Gasteiger partial charge in [0.1, 0.15) is 0 Å². The molecule has 0 radical (unpaired) electrons. The van der Waals surface area contributed by atoms with Crippen LogP contribution in [-0.2, 0) is 16.1 Å². The largest absolute Gasteiger partial charge is 0.481 e. The fraction of sp³-hybridized carbons (Fsp3) is 0.667. The van der Waals surface area contributed by atoms with E-state index in [2.05, 4.69) is 4.98 Å². The van der Waals surface area contributed by atoms with Gasteiger partial charge in [-0.15, -0.1) is 0 Å². The first-order valence-electron chi connectivity index (χ1n) is 6.15. The van der Waals surface area contributed by atoms with Crippen molar-refractivity contribution >= 4 is 17.7 Å². The Morgan fingerprint density at radius 1 is 1.72 bits per heavy atom. The Kier molecular flexibility index (Phi) is 4.66. The van der Waals surface area contributed by atoms with Crippen LogP contribution in [0.25, 0.3) is 0 Å². The highest BCUT2D eigenvalue weighted by Crippen LogP contribution is 2.20. The number of aryl methyl sites for hydroxylation is 2. The van der Waals surface area contributed by atoms with E-state index >= 15 is 0 Å².